The lowest BCUT2D eigenvalue weighted by atomic mass is 10.1. The van der Waals surface area contributed by atoms with Crippen molar-refractivity contribution in [2.75, 3.05) is 20.1 Å². The lowest BCUT2D eigenvalue weighted by Gasteiger charge is -2.17. The van der Waals surface area contributed by atoms with Gasteiger partial charge in [0, 0.05) is 30.7 Å². The monoisotopic (exact) mass is 327 g/mol. The van der Waals surface area contributed by atoms with Crippen LogP contribution < -0.4 is 5.32 Å². The van der Waals surface area contributed by atoms with Gasteiger partial charge in [-0.2, -0.15) is 0 Å². The molecule has 1 unspecified atom stereocenters. The van der Waals surface area contributed by atoms with Crippen LogP contribution in [0.4, 0.5) is 0 Å². The number of pyridine rings is 1. The molecule has 1 aliphatic heterocycles. The van der Waals surface area contributed by atoms with Gasteiger partial charge in [0.2, 0.25) is 0 Å². The van der Waals surface area contributed by atoms with Gasteiger partial charge in [0.25, 0.3) is 5.91 Å². The quantitative estimate of drug-likeness (QED) is 0.921. The summed E-state index contributed by atoms with van der Waals surface area (Å²) >= 11 is 0. The topological polar surface area (TPSA) is 45.2 Å². The van der Waals surface area contributed by atoms with Gasteiger partial charge in [-0.1, -0.05) is 18.2 Å². The second-order valence-electron chi connectivity index (χ2n) is 4.91. The molecular weight excluding hydrogens is 309 g/mol. The van der Waals surface area contributed by atoms with Crippen LogP contribution in [0.2, 0.25) is 0 Å². The number of rotatable bonds is 2. The van der Waals surface area contributed by atoms with Gasteiger partial charge in [0.15, 0.2) is 0 Å². The first kappa shape index (κ1) is 17.7. The van der Waals surface area contributed by atoms with Crippen molar-refractivity contribution in [3.05, 3.63) is 42.1 Å². The first-order valence-electron chi connectivity index (χ1n) is 6.60. The second-order valence-corrected chi connectivity index (χ2v) is 4.91. The minimum Gasteiger partial charge on any atom is -0.337 e. The Balaban J connectivity index is 0.00000110. The molecule has 1 aliphatic rings. The van der Waals surface area contributed by atoms with Crippen molar-refractivity contribution in [3.63, 3.8) is 0 Å². The minimum absolute atomic E-state index is 0. The van der Waals surface area contributed by atoms with Crippen LogP contribution in [0, 0.1) is 0 Å². The zero-order valence-electron chi connectivity index (χ0n) is 11.8. The number of fused-ring (bicyclic) bond motifs is 1. The molecule has 4 nitrogen and oxygen atoms in total. The molecule has 114 valence electrons. The number of carbonyl (C=O) groups is 1. The second kappa shape index (κ2) is 7.59. The van der Waals surface area contributed by atoms with Gasteiger partial charge in [-0.15, -0.1) is 24.8 Å². The average molecular weight is 328 g/mol. The van der Waals surface area contributed by atoms with Gasteiger partial charge in [-0.05, 0) is 25.6 Å². The molecule has 3 rings (SSSR count). The summed E-state index contributed by atoms with van der Waals surface area (Å²) < 4.78 is 0. The highest BCUT2D eigenvalue weighted by atomic mass is 35.5. The fourth-order valence-electron chi connectivity index (χ4n) is 2.63. The predicted molar refractivity (Wildman–Crippen MR) is 89.6 cm³/mol. The Morgan fingerprint density at radius 2 is 2.05 bits per heavy atom. The largest absolute Gasteiger partial charge is 0.337 e. The van der Waals surface area contributed by atoms with E-state index in [1.54, 1.807) is 6.20 Å². The molecule has 1 atom stereocenters. The Morgan fingerprint density at radius 3 is 2.76 bits per heavy atom. The number of amides is 1. The Morgan fingerprint density at radius 1 is 1.29 bits per heavy atom. The number of nitrogens with one attached hydrogen (secondary N) is 1. The molecule has 1 saturated heterocycles. The maximum absolute atomic E-state index is 12.6. The van der Waals surface area contributed by atoms with Crippen LogP contribution in [0.3, 0.4) is 0 Å². The van der Waals surface area contributed by atoms with Gasteiger partial charge >= 0.3 is 0 Å². The first-order chi connectivity index (χ1) is 9.29. The SMILES string of the molecule is CNC1CCN(C(=O)c2cccc3cccnc23)C1.Cl.Cl. The van der Waals surface area contributed by atoms with Gasteiger partial charge in [-0.3, -0.25) is 9.78 Å². The summed E-state index contributed by atoms with van der Waals surface area (Å²) in [5.74, 6) is 0.0852. The third-order valence-corrected chi connectivity index (χ3v) is 3.75. The molecule has 0 bridgehead atoms. The van der Waals surface area contributed by atoms with E-state index in [0.717, 1.165) is 30.4 Å². The Labute approximate surface area is 136 Å². The third kappa shape index (κ3) is 3.46. The summed E-state index contributed by atoms with van der Waals surface area (Å²) in [4.78, 5) is 18.8. The van der Waals surface area contributed by atoms with Crippen molar-refractivity contribution in [2.45, 2.75) is 12.5 Å². The van der Waals surface area contributed by atoms with Crippen LogP contribution in [0.25, 0.3) is 10.9 Å². The van der Waals surface area contributed by atoms with Crippen molar-refractivity contribution >= 4 is 41.6 Å². The number of para-hydroxylation sites is 1. The fraction of sp³-hybridized carbons (Fsp3) is 0.333. The zero-order chi connectivity index (χ0) is 13.2. The Bertz CT molecular complexity index is 615. The normalized spacial score (nSPS) is 17.2. The van der Waals surface area contributed by atoms with Crippen molar-refractivity contribution in [3.8, 4) is 0 Å². The zero-order valence-corrected chi connectivity index (χ0v) is 13.4. The number of aromatic nitrogens is 1. The molecule has 1 N–H and O–H groups in total. The summed E-state index contributed by atoms with van der Waals surface area (Å²) in [6, 6.07) is 10.1. The van der Waals surface area contributed by atoms with Crippen molar-refractivity contribution in [1.29, 1.82) is 0 Å². The number of likely N-dealkylation sites (tertiary alicyclic amines) is 1. The Kier molecular flexibility index (Phi) is 6.40. The standard InChI is InChI=1S/C15H17N3O.2ClH/c1-16-12-7-9-18(10-12)15(19)13-6-2-4-11-5-3-8-17-14(11)13;;/h2-6,8,12,16H,7,9-10H2,1H3;2*1H. The molecule has 21 heavy (non-hydrogen) atoms. The molecule has 0 aliphatic carbocycles. The van der Waals surface area contributed by atoms with Crippen molar-refractivity contribution < 1.29 is 4.79 Å². The summed E-state index contributed by atoms with van der Waals surface area (Å²) in [7, 11) is 1.94. The first-order valence-corrected chi connectivity index (χ1v) is 6.60. The molecule has 2 heterocycles. The van der Waals surface area contributed by atoms with Crippen LogP contribution in [-0.4, -0.2) is 42.0 Å². The highest BCUT2D eigenvalue weighted by Crippen LogP contribution is 2.20. The molecule has 1 aromatic heterocycles. The van der Waals surface area contributed by atoms with Gasteiger partial charge in [0.1, 0.15) is 0 Å². The van der Waals surface area contributed by atoms with Gasteiger partial charge < -0.3 is 10.2 Å². The third-order valence-electron chi connectivity index (χ3n) is 3.75. The molecule has 0 saturated carbocycles. The van der Waals surface area contributed by atoms with E-state index in [4.69, 9.17) is 0 Å². The van der Waals surface area contributed by atoms with E-state index < -0.39 is 0 Å². The lowest BCUT2D eigenvalue weighted by molar-refractivity contribution is 0.0791. The summed E-state index contributed by atoms with van der Waals surface area (Å²) in [5, 5.41) is 4.24. The number of hydrogen-bond acceptors (Lipinski definition) is 3. The van der Waals surface area contributed by atoms with Crippen LogP contribution in [0.1, 0.15) is 16.8 Å². The van der Waals surface area contributed by atoms with Crippen LogP contribution in [0.5, 0.6) is 0 Å². The fourth-order valence-corrected chi connectivity index (χ4v) is 2.63. The minimum atomic E-state index is 0. The van der Waals surface area contributed by atoms with Crippen LogP contribution >= 0.6 is 24.8 Å². The maximum atomic E-state index is 12.6. The molecular formula is C15H19Cl2N3O. The van der Waals surface area contributed by atoms with E-state index in [1.165, 1.54) is 0 Å². The predicted octanol–water partition coefficient (Wildman–Crippen LogP) is 2.51. The summed E-state index contributed by atoms with van der Waals surface area (Å²) in [5.41, 5.74) is 1.50. The van der Waals surface area contributed by atoms with E-state index in [0.29, 0.717) is 11.6 Å². The van der Waals surface area contributed by atoms with Crippen LogP contribution in [-0.2, 0) is 0 Å². The highest BCUT2D eigenvalue weighted by molar-refractivity contribution is 6.05. The molecule has 0 spiro atoms. The molecule has 1 amide bonds. The van der Waals surface area contributed by atoms with E-state index >= 15 is 0 Å². The number of likely N-dealkylation sites (N-methyl/N-ethyl adjacent to an activating group) is 1. The van der Waals surface area contributed by atoms with E-state index in [9.17, 15) is 4.79 Å². The molecule has 6 heteroatoms. The van der Waals surface area contributed by atoms with Crippen molar-refractivity contribution in [1.82, 2.24) is 15.2 Å². The van der Waals surface area contributed by atoms with E-state index in [2.05, 4.69) is 10.3 Å². The van der Waals surface area contributed by atoms with E-state index in [1.807, 2.05) is 42.3 Å². The average Bonchev–Trinajstić information content (AvgIpc) is 2.95. The summed E-state index contributed by atoms with van der Waals surface area (Å²) in [6.45, 7) is 1.59. The lowest BCUT2D eigenvalue weighted by Crippen LogP contribution is -2.33. The Hall–Kier alpha value is -1.36. The number of benzene rings is 1. The van der Waals surface area contributed by atoms with Crippen molar-refractivity contribution in [2.24, 2.45) is 0 Å². The smallest absolute Gasteiger partial charge is 0.256 e. The van der Waals surface area contributed by atoms with Crippen LogP contribution in [0.15, 0.2) is 36.5 Å². The molecule has 1 aromatic carbocycles. The number of halogens is 2. The van der Waals surface area contributed by atoms with Gasteiger partial charge in [0.05, 0.1) is 11.1 Å². The number of nitrogens with zero attached hydrogens (tertiary/aromatic N) is 2. The molecule has 0 radical (unpaired) electrons. The molecule has 1 fully saturated rings. The summed E-state index contributed by atoms with van der Waals surface area (Å²) in [6.07, 6.45) is 2.75. The number of hydrogen-bond donors (Lipinski definition) is 1. The maximum Gasteiger partial charge on any atom is 0.256 e. The highest BCUT2D eigenvalue weighted by Gasteiger charge is 2.26. The number of carbonyl (C=O) groups excluding carboxylic acids is 1. The van der Waals surface area contributed by atoms with Gasteiger partial charge in [-0.25, -0.2) is 0 Å². The van der Waals surface area contributed by atoms with E-state index in [-0.39, 0.29) is 30.7 Å². The molecule has 2 aromatic rings.